The molecule has 0 bridgehead atoms. The van der Waals surface area contributed by atoms with Crippen molar-refractivity contribution in [3.05, 3.63) is 29.3 Å². The molecular formula is C15H20N2O. The third-order valence-electron chi connectivity index (χ3n) is 4.28. The van der Waals surface area contributed by atoms with Crippen LogP contribution in [0.2, 0.25) is 0 Å². The standard InChI is InChI=1S/C15H20N2O/c1-17-14-4-2-3-12(13(14)10-15(17)18)9-11-5-7-16-8-6-11/h2-4,11,16H,5-10H2,1H3. The zero-order valence-electron chi connectivity index (χ0n) is 10.9. The molecule has 96 valence electrons. The van der Waals surface area contributed by atoms with Crippen LogP contribution < -0.4 is 10.2 Å². The Morgan fingerprint density at radius 1 is 1.33 bits per heavy atom. The number of benzene rings is 1. The Hall–Kier alpha value is -1.35. The number of hydrogen-bond donors (Lipinski definition) is 1. The maximum absolute atomic E-state index is 11.8. The second kappa shape index (κ2) is 4.73. The molecule has 1 N–H and O–H groups in total. The first kappa shape index (κ1) is 11.7. The molecule has 1 aromatic rings. The van der Waals surface area contributed by atoms with Crippen LogP contribution in [0.5, 0.6) is 0 Å². The fraction of sp³-hybridized carbons (Fsp3) is 0.533. The zero-order chi connectivity index (χ0) is 12.5. The van der Waals surface area contributed by atoms with Gasteiger partial charge in [0.25, 0.3) is 0 Å². The number of carbonyl (C=O) groups excluding carboxylic acids is 1. The van der Waals surface area contributed by atoms with E-state index >= 15 is 0 Å². The third-order valence-corrected chi connectivity index (χ3v) is 4.28. The Kier molecular flexibility index (Phi) is 3.08. The molecule has 0 spiro atoms. The van der Waals surface area contributed by atoms with E-state index in [2.05, 4.69) is 23.5 Å². The maximum atomic E-state index is 11.8. The van der Waals surface area contributed by atoms with E-state index in [-0.39, 0.29) is 5.91 Å². The molecule has 0 aromatic heterocycles. The van der Waals surface area contributed by atoms with Gasteiger partial charge in [0.15, 0.2) is 0 Å². The minimum absolute atomic E-state index is 0.225. The summed E-state index contributed by atoms with van der Waals surface area (Å²) in [7, 11) is 1.88. The quantitative estimate of drug-likeness (QED) is 0.859. The van der Waals surface area contributed by atoms with Crippen molar-refractivity contribution in [2.24, 2.45) is 5.92 Å². The molecule has 1 aromatic carbocycles. The lowest BCUT2D eigenvalue weighted by Gasteiger charge is -2.23. The highest BCUT2D eigenvalue weighted by molar-refractivity contribution is 6.01. The highest BCUT2D eigenvalue weighted by Gasteiger charge is 2.26. The number of carbonyl (C=O) groups is 1. The smallest absolute Gasteiger partial charge is 0.231 e. The number of piperidine rings is 1. The normalized spacial score (nSPS) is 20.3. The molecule has 0 radical (unpaired) electrons. The lowest BCUT2D eigenvalue weighted by Crippen LogP contribution is -2.28. The molecule has 18 heavy (non-hydrogen) atoms. The minimum Gasteiger partial charge on any atom is -0.317 e. The first-order valence-corrected chi connectivity index (χ1v) is 6.84. The number of anilines is 1. The van der Waals surface area contributed by atoms with Gasteiger partial charge in [-0.2, -0.15) is 0 Å². The van der Waals surface area contributed by atoms with Gasteiger partial charge in [0.2, 0.25) is 5.91 Å². The molecular weight excluding hydrogens is 224 g/mol. The van der Waals surface area contributed by atoms with E-state index in [0.29, 0.717) is 6.42 Å². The van der Waals surface area contributed by atoms with Gasteiger partial charge in [-0.3, -0.25) is 4.79 Å². The summed E-state index contributed by atoms with van der Waals surface area (Å²) in [6.07, 6.45) is 4.24. The molecule has 3 heteroatoms. The van der Waals surface area contributed by atoms with E-state index in [1.807, 2.05) is 7.05 Å². The van der Waals surface area contributed by atoms with E-state index in [4.69, 9.17) is 0 Å². The Morgan fingerprint density at radius 3 is 2.89 bits per heavy atom. The molecule has 1 amide bonds. The van der Waals surface area contributed by atoms with Crippen LogP contribution in [0.15, 0.2) is 18.2 Å². The van der Waals surface area contributed by atoms with Crippen LogP contribution in [0, 0.1) is 5.92 Å². The summed E-state index contributed by atoms with van der Waals surface area (Å²) >= 11 is 0. The zero-order valence-corrected chi connectivity index (χ0v) is 10.9. The molecule has 2 heterocycles. The Labute approximate surface area is 108 Å². The van der Waals surface area contributed by atoms with Crippen molar-refractivity contribution in [1.82, 2.24) is 5.32 Å². The molecule has 1 saturated heterocycles. The van der Waals surface area contributed by atoms with Gasteiger partial charge >= 0.3 is 0 Å². The average Bonchev–Trinajstić information content (AvgIpc) is 2.69. The molecule has 0 aliphatic carbocycles. The highest BCUT2D eigenvalue weighted by Crippen LogP contribution is 2.32. The topological polar surface area (TPSA) is 32.3 Å². The van der Waals surface area contributed by atoms with Crippen molar-refractivity contribution in [1.29, 1.82) is 0 Å². The number of nitrogens with one attached hydrogen (secondary N) is 1. The molecule has 3 rings (SSSR count). The molecule has 1 fully saturated rings. The summed E-state index contributed by atoms with van der Waals surface area (Å²) in [5.41, 5.74) is 3.77. The first-order chi connectivity index (χ1) is 8.75. The van der Waals surface area contributed by atoms with Gasteiger partial charge in [-0.15, -0.1) is 0 Å². The second-order valence-corrected chi connectivity index (χ2v) is 5.44. The second-order valence-electron chi connectivity index (χ2n) is 5.44. The number of rotatable bonds is 2. The predicted molar refractivity (Wildman–Crippen MR) is 72.9 cm³/mol. The molecule has 0 atom stereocenters. The fourth-order valence-corrected chi connectivity index (χ4v) is 3.13. The van der Waals surface area contributed by atoms with Crippen molar-refractivity contribution < 1.29 is 4.79 Å². The van der Waals surface area contributed by atoms with Crippen LogP contribution in [0.1, 0.15) is 24.0 Å². The van der Waals surface area contributed by atoms with Crippen LogP contribution in [-0.2, 0) is 17.6 Å². The summed E-state index contributed by atoms with van der Waals surface area (Å²) in [5.74, 6) is 1.00. The van der Waals surface area contributed by atoms with Gasteiger partial charge in [0.05, 0.1) is 6.42 Å². The summed E-state index contributed by atoms with van der Waals surface area (Å²) < 4.78 is 0. The van der Waals surface area contributed by atoms with E-state index in [9.17, 15) is 4.79 Å². The van der Waals surface area contributed by atoms with E-state index in [1.54, 1.807) is 4.90 Å². The summed E-state index contributed by atoms with van der Waals surface area (Å²) in [4.78, 5) is 13.6. The Morgan fingerprint density at radius 2 is 2.11 bits per heavy atom. The predicted octanol–water partition coefficient (Wildman–Crippen LogP) is 1.75. The van der Waals surface area contributed by atoms with Gasteiger partial charge in [-0.1, -0.05) is 12.1 Å². The SMILES string of the molecule is CN1C(=O)Cc2c(CC3CCNCC3)cccc21. The van der Waals surface area contributed by atoms with Gasteiger partial charge in [0.1, 0.15) is 0 Å². The van der Waals surface area contributed by atoms with Crippen molar-refractivity contribution in [3.63, 3.8) is 0 Å². The fourth-order valence-electron chi connectivity index (χ4n) is 3.13. The van der Waals surface area contributed by atoms with E-state index in [1.165, 1.54) is 24.0 Å². The third kappa shape index (κ3) is 2.03. The van der Waals surface area contributed by atoms with Crippen LogP contribution in [0.25, 0.3) is 0 Å². The monoisotopic (exact) mass is 244 g/mol. The van der Waals surface area contributed by atoms with Crippen molar-refractivity contribution >= 4 is 11.6 Å². The summed E-state index contributed by atoms with van der Waals surface area (Å²) in [5, 5.41) is 3.40. The maximum Gasteiger partial charge on any atom is 0.231 e. The highest BCUT2D eigenvalue weighted by atomic mass is 16.2. The first-order valence-electron chi connectivity index (χ1n) is 6.84. The van der Waals surface area contributed by atoms with Crippen molar-refractivity contribution in [3.8, 4) is 0 Å². The van der Waals surface area contributed by atoms with Gasteiger partial charge in [0, 0.05) is 12.7 Å². The van der Waals surface area contributed by atoms with Crippen molar-refractivity contribution in [2.75, 3.05) is 25.0 Å². The average molecular weight is 244 g/mol. The molecule has 0 saturated carbocycles. The summed E-state index contributed by atoms with van der Waals surface area (Å²) in [6.45, 7) is 2.27. The van der Waals surface area contributed by atoms with Gasteiger partial charge < -0.3 is 10.2 Å². The number of fused-ring (bicyclic) bond motifs is 1. The molecule has 0 unspecified atom stereocenters. The van der Waals surface area contributed by atoms with Crippen LogP contribution in [-0.4, -0.2) is 26.0 Å². The van der Waals surface area contributed by atoms with E-state index in [0.717, 1.165) is 31.1 Å². The lowest BCUT2D eigenvalue weighted by atomic mass is 9.88. The van der Waals surface area contributed by atoms with Crippen molar-refractivity contribution in [2.45, 2.75) is 25.7 Å². The van der Waals surface area contributed by atoms with E-state index < -0.39 is 0 Å². The summed E-state index contributed by atoms with van der Waals surface area (Å²) in [6, 6.07) is 6.35. The van der Waals surface area contributed by atoms with Gasteiger partial charge in [-0.25, -0.2) is 0 Å². The van der Waals surface area contributed by atoms with Gasteiger partial charge in [-0.05, 0) is 55.5 Å². The lowest BCUT2D eigenvalue weighted by molar-refractivity contribution is -0.117. The molecule has 3 nitrogen and oxygen atoms in total. The molecule has 2 aliphatic rings. The minimum atomic E-state index is 0.225. The molecule has 2 aliphatic heterocycles. The van der Waals surface area contributed by atoms with Crippen LogP contribution >= 0.6 is 0 Å². The Balaban J connectivity index is 1.83. The Bertz CT molecular complexity index is 464. The number of likely N-dealkylation sites (N-methyl/N-ethyl adjacent to an activating group) is 1. The van der Waals surface area contributed by atoms with Crippen LogP contribution in [0.3, 0.4) is 0 Å². The number of amides is 1. The van der Waals surface area contributed by atoms with Crippen LogP contribution in [0.4, 0.5) is 5.69 Å². The largest absolute Gasteiger partial charge is 0.317 e. The number of hydrogen-bond acceptors (Lipinski definition) is 2. The number of nitrogens with zero attached hydrogens (tertiary/aromatic N) is 1.